The third-order valence-corrected chi connectivity index (χ3v) is 5.82. The van der Waals surface area contributed by atoms with Gasteiger partial charge < -0.3 is 9.88 Å². The Morgan fingerprint density at radius 1 is 1.27 bits per heavy atom. The highest BCUT2D eigenvalue weighted by Crippen LogP contribution is 2.28. The first kappa shape index (κ1) is 23.7. The Bertz CT molecular complexity index is 1070. The summed E-state index contributed by atoms with van der Waals surface area (Å²) < 4.78 is 105. The Balaban J connectivity index is 2.42. The van der Waals surface area contributed by atoms with Crippen molar-refractivity contribution in [2.45, 2.75) is 37.4 Å². The highest BCUT2D eigenvalue weighted by atomic mass is 32.2. The highest BCUT2D eigenvalue weighted by Gasteiger charge is 2.41. The lowest BCUT2D eigenvalue weighted by atomic mass is 10.3. The second-order valence-corrected chi connectivity index (χ2v) is 7.90. The summed E-state index contributed by atoms with van der Waals surface area (Å²) in [7, 11) is -3.86. The number of rotatable bonds is 6. The second-order valence-electron chi connectivity index (χ2n) is 6.24. The van der Waals surface area contributed by atoms with E-state index in [-0.39, 0.29) is 11.4 Å². The van der Waals surface area contributed by atoms with Crippen LogP contribution in [0.3, 0.4) is 0 Å². The van der Waals surface area contributed by atoms with Crippen molar-refractivity contribution >= 4 is 21.6 Å². The molecule has 7 nitrogen and oxygen atoms in total. The molecular weight excluding hydrogens is 442 g/mol. The zero-order valence-corrected chi connectivity index (χ0v) is 16.5. The van der Waals surface area contributed by atoms with Gasteiger partial charge in [0.05, 0.1) is 0 Å². The molecule has 0 aliphatic rings. The van der Waals surface area contributed by atoms with Gasteiger partial charge in [0.15, 0.2) is 5.82 Å². The standard InChI is InChI=1S/C16H16F6N4O3S/c1-7-13(30(28,29)25-8(2)16(20,21)22)11(17)12(26(7)3)15(27)24-9-4-5-23-10(6-9)14(18)19/h4-6,8,14,25H,1-3H3,(H,23,24,27)/t8-/m1/s1. The molecule has 0 saturated heterocycles. The maximum atomic E-state index is 14.8. The van der Waals surface area contributed by atoms with Gasteiger partial charge in [0.1, 0.15) is 22.3 Å². The van der Waals surface area contributed by atoms with Crippen LogP contribution in [-0.4, -0.2) is 36.1 Å². The van der Waals surface area contributed by atoms with E-state index in [9.17, 15) is 39.6 Å². The van der Waals surface area contributed by atoms with Gasteiger partial charge >= 0.3 is 6.18 Å². The molecule has 0 aromatic carbocycles. The van der Waals surface area contributed by atoms with Crippen molar-refractivity contribution in [3.63, 3.8) is 0 Å². The third-order valence-electron chi connectivity index (χ3n) is 4.14. The summed E-state index contributed by atoms with van der Waals surface area (Å²) in [4.78, 5) is 14.7. The number of sulfonamides is 1. The fourth-order valence-corrected chi connectivity index (χ4v) is 4.07. The van der Waals surface area contributed by atoms with Gasteiger partial charge in [0.2, 0.25) is 10.0 Å². The lowest BCUT2D eigenvalue weighted by Crippen LogP contribution is -2.43. The summed E-state index contributed by atoms with van der Waals surface area (Å²) in [6.07, 6.45) is -6.88. The largest absolute Gasteiger partial charge is 0.404 e. The number of carbonyl (C=O) groups excluding carboxylic acids is 1. The van der Waals surface area contributed by atoms with E-state index in [1.807, 2.05) is 0 Å². The zero-order chi connectivity index (χ0) is 23.0. The molecule has 2 heterocycles. The Labute approximate surface area is 167 Å². The molecule has 2 N–H and O–H groups in total. The predicted octanol–water partition coefficient (Wildman–Crippen LogP) is 3.29. The maximum Gasteiger partial charge on any atom is 0.404 e. The predicted molar refractivity (Wildman–Crippen MR) is 93.1 cm³/mol. The van der Waals surface area contributed by atoms with Crippen LogP contribution in [0, 0.1) is 12.7 Å². The molecule has 1 amide bonds. The summed E-state index contributed by atoms with van der Waals surface area (Å²) in [6.45, 7) is 1.62. The summed E-state index contributed by atoms with van der Waals surface area (Å²) in [5.74, 6) is -2.78. The van der Waals surface area contributed by atoms with Crippen molar-refractivity contribution in [3.05, 3.63) is 41.2 Å². The minimum absolute atomic E-state index is 0.170. The van der Waals surface area contributed by atoms with E-state index in [4.69, 9.17) is 0 Å². The summed E-state index contributed by atoms with van der Waals surface area (Å²) in [6, 6.07) is -0.536. The van der Waals surface area contributed by atoms with Gasteiger partial charge in [-0.15, -0.1) is 0 Å². The number of carbonyl (C=O) groups is 1. The molecule has 1 atom stereocenters. The first-order valence-corrected chi connectivity index (χ1v) is 9.64. The van der Waals surface area contributed by atoms with E-state index in [1.165, 1.54) is 4.72 Å². The van der Waals surface area contributed by atoms with Crippen LogP contribution < -0.4 is 10.0 Å². The molecule has 0 aliphatic heterocycles. The molecule has 166 valence electrons. The number of alkyl halides is 5. The van der Waals surface area contributed by atoms with E-state index in [0.29, 0.717) is 6.92 Å². The minimum Gasteiger partial charge on any atom is -0.340 e. The van der Waals surface area contributed by atoms with Crippen LogP contribution in [0.1, 0.15) is 35.2 Å². The number of amides is 1. The van der Waals surface area contributed by atoms with E-state index in [2.05, 4.69) is 10.3 Å². The summed E-state index contributed by atoms with van der Waals surface area (Å²) in [5.41, 5.74) is -1.99. The normalized spacial score (nSPS) is 13.5. The van der Waals surface area contributed by atoms with Crippen LogP contribution in [0.25, 0.3) is 0 Å². The first-order valence-electron chi connectivity index (χ1n) is 8.16. The molecule has 0 aliphatic carbocycles. The van der Waals surface area contributed by atoms with Crippen molar-refractivity contribution in [3.8, 4) is 0 Å². The number of nitrogens with one attached hydrogen (secondary N) is 2. The molecular formula is C16H16F6N4O3S. The Hall–Kier alpha value is -2.61. The number of nitrogens with zero attached hydrogens (tertiary/aromatic N) is 2. The van der Waals surface area contributed by atoms with E-state index >= 15 is 0 Å². The van der Waals surface area contributed by atoms with E-state index < -0.39 is 56.7 Å². The molecule has 0 radical (unpaired) electrons. The highest BCUT2D eigenvalue weighted by molar-refractivity contribution is 7.89. The fourth-order valence-electron chi connectivity index (χ4n) is 2.49. The molecule has 2 rings (SSSR count). The van der Waals surface area contributed by atoms with Crippen LogP contribution in [0.5, 0.6) is 0 Å². The Morgan fingerprint density at radius 2 is 1.87 bits per heavy atom. The zero-order valence-electron chi connectivity index (χ0n) is 15.7. The molecule has 0 fully saturated rings. The topological polar surface area (TPSA) is 93.1 Å². The second kappa shape index (κ2) is 8.26. The number of aromatic nitrogens is 2. The molecule has 0 unspecified atom stereocenters. The monoisotopic (exact) mass is 458 g/mol. The lowest BCUT2D eigenvalue weighted by Gasteiger charge is -2.17. The van der Waals surface area contributed by atoms with Crippen molar-refractivity contribution in [1.82, 2.24) is 14.3 Å². The molecule has 0 bridgehead atoms. The number of anilines is 1. The van der Waals surface area contributed by atoms with Crippen LogP contribution in [0.15, 0.2) is 23.2 Å². The number of halogens is 6. The first-order chi connectivity index (χ1) is 13.7. The van der Waals surface area contributed by atoms with E-state index in [0.717, 1.165) is 36.9 Å². The van der Waals surface area contributed by atoms with Gasteiger partial charge in [0.25, 0.3) is 12.3 Å². The average molecular weight is 458 g/mol. The van der Waals surface area contributed by atoms with Crippen LogP contribution >= 0.6 is 0 Å². The molecule has 0 spiro atoms. The van der Waals surface area contributed by atoms with Crippen molar-refractivity contribution in [1.29, 1.82) is 0 Å². The number of pyridine rings is 1. The van der Waals surface area contributed by atoms with Gasteiger partial charge in [-0.1, -0.05) is 0 Å². The van der Waals surface area contributed by atoms with Gasteiger partial charge in [-0.3, -0.25) is 9.78 Å². The summed E-state index contributed by atoms with van der Waals surface area (Å²) in [5, 5.41) is 2.12. The molecule has 2 aromatic rings. The van der Waals surface area contributed by atoms with Crippen LogP contribution in [0.4, 0.5) is 32.0 Å². The maximum absolute atomic E-state index is 14.8. The van der Waals surface area contributed by atoms with Crippen LogP contribution in [0.2, 0.25) is 0 Å². The Morgan fingerprint density at radius 3 is 2.40 bits per heavy atom. The third kappa shape index (κ3) is 4.75. The minimum atomic E-state index is -4.99. The van der Waals surface area contributed by atoms with Crippen LogP contribution in [-0.2, 0) is 17.1 Å². The number of hydrogen-bond acceptors (Lipinski definition) is 4. The van der Waals surface area contributed by atoms with Crippen molar-refractivity contribution in [2.75, 3.05) is 5.32 Å². The van der Waals surface area contributed by atoms with Crippen molar-refractivity contribution in [2.24, 2.45) is 7.05 Å². The van der Waals surface area contributed by atoms with Gasteiger partial charge in [-0.25, -0.2) is 21.6 Å². The quantitative estimate of drug-likeness (QED) is 0.650. The van der Waals surface area contributed by atoms with Gasteiger partial charge in [-0.2, -0.15) is 17.9 Å². The lowest BCUT2D eigenvalue weighted by molar-refractivity contribution is -0.147. The molecule has 30 heavy (non-hydrogen) atoms. The van der Waals surface area contributed by atoms with Crippen molar-refractivity contribution < 1.29 is 39.6 Å². The van der Waals surface area contributed by atoms with Gasteiger partial charge in [0, 0.05) is 24.6 Å². The molecule has 14 heteroatoms. The SMILES string of the molecule is Cc1c(S(=O)(=O)N[C@H](C)C(F)(F)F)c(F)c(C(=O)Nc2ccnc(C(F)F)c2)n1C. The molecule has 2 aromatic heterocycles. The van der Waals surface area contributed by atoms with E-state index in [1.54, 1.807) is 0 Å². The molecule has 0 saturated carbocycles. The number of hydrogen-bond donors (Lipinski definition) is 2. The summed E-state index contributed by atoms with van der Waals surface area (Å²) >= 11 is 0. The smallest absolute Gasteiger partial charge is 0.340 e. The Kier molecular flexibility index (Phi) is 6.51. The average Bonchev–Trinajstić information content (AvgIpc) is 2.83. The van der Waals surface area contributed by atoms with Gasteiger partial charge in [-0.05, 0) is 26.0 Å². The fraction of sp³-hybridized carbons (Fsp3) is 0.375.